The van der Waals surface area contributed by atoms with E-state index >= 15 is 0 Å². The molecule has 3 rings (SSSR count). The van der Waals surface area contributed by atoms with E-state index in [-0.39, 0.29) is 16.9 Å². The van der Waals surface area contributed by atoms with Gasteiger partial charge in [-0.1, -0.05) is 49.4 Å². The van der Waals surface area contributed by atoms with Crippen LogP contribution >= 0.6 is 12.2 Å². The average Bonchev–Trinajstić information content (AvgIpc) is 2.78. The number of hydrogen-bond donors (Lipinski definition) is 3. The molecule has 0 bridgehead atoms. The molecule has 0 unspecified atom stereocenters. The highest BCUT2D eigenvalue weighted by molar-refractivity contribution is 7.80. The summed E-state index contributed by atoms with van der Waals surface area (Å²) in [5.41, 5.74) is 3.90. The molecule has 30 heavy (non-hydrogen) atoms. The summed E-state index contributed by atoms with van der Waals surface area (Å²) in [5, 5.41) is 8.64. The minimum atomic E-state index is -0.289. The predicted molar refractivity (Wildman–Crippen MR) is 125 cm³/mol. The van der Waals surface area contributed by atoms with Gasteiger partial charge in [-0.3, -0.25) is 14.9 Å². The van der Waals surface area contributed by atoms with Gasteiger partial charge in [-0.2, -0.15) is 0 Å². The molecule has 0 fully saturated rings. The SMILES string of the molecule is CCCNC(=O)c1ccc(NC(=S)NC(=O)c2ccc(-c3ccccc3)cc2)cc1. The standard InChI is InChI=1S/C24H23N3O2S/c1-2-16-25-22(28)19-12-14-21(15-13-19)26-24(30)27-23(29)20-10-8-18(9-11-20)17-6-4-3-5-7-17/h3-15H,2,16H2,1H3,(H,25,28)(H2,26,27,29,30). The van der Waals surface area contributed by atoms with Crippen molar-refractivity contribution in [2.24, 2.45) is 0 Å². The molecule has 0 saturated carbocycles. The van der Waals surface area contributed by atoms with Gasteiger partial charge in [0.2, 0.25) is 0 Å². The molecule has 0 aliphatic heterocycles. The molecule has 0 aliphatic carbocycles. The topological polar surface area (TPSA) is 70.2 Å². The van der Waals surface area contributed by atoms with Crippen molar-refractivity contribution >= 4 is 34.8 Å². The lowest BCUT2D eigenvalue weighted by atomic mass is 10.0. The van der Waals surface area contributed by atoms with E-state index in [1.165, 1.54) is 0 Å². The van der Waals surface area contributed by atoms with Crippen LogP contribution in [0.3, 0.4) is 0 Å². The second-order valence-electron chi connectivity index (χ2n) is 6.68. The third-order valence-electron chi connectivity index (χ3n) is 4.42. The van der Waals surface area contributed by atoms with Crippen molar-refractivity contribution in [3.8, 4) is 11.1 Å². The Hall–Kier alpha value is -3.51. The van der Waals surface area contributed by atoms with Crippen molar-refractivity contribution in [2.45, 2.75) is 13.3 Å². The van der Waals surface area contributed by atoms with Gasteiger partial charge in [-0.25, -0.2) is 0 Å². The van der Waals surface area contributed by atoms with Crippen LogP contribution in [-0.4, -0.2) is 23.5 Å². The van der Waals surface area contributed by atoms with E-state index in [1.807, 2.05) is 49.4 Å². The number of carbonyl (C=O) groups excluding carboxylic acids is 2. The van der Waals surface area contributed by atoms with E-state index in [9.17, 15) is 9.59 Å². The Morgan fingerprint density at radius 3 is 1.97 bits per heavy atom. The number of anilines is 1. The normalized spacial score (nSPS) is 10.2. The maximum Gasteiger partial charge on any atom is 0.257 e. The first-order valence-corrected chi connectivity index (χ1v) is 10.1. The van der Waals surface area contributed by atoms with Crippen LogP contribution in [0.1, 0.15) is 34.1 Å². The quantitative estimate of drug-likeness (QED) is 0.512. The summed E-state index contributed by atoms with van der Waals surface area (Å²) in [6.45, 7) is 2.64. The molecule has 0 aromatic heterocycles. The highest BCUT2D eigenvalue weighted by Gasteiger charge is 2.09. The van der Waals surface area contributed by atoms with Gasteiger partial charge in [0.05, 0.1) is 0 Å². The lowest BCUT2D eigenvalue weighted by Gasteiger charge is -2.11. The molecule has 0 heterocycles. The fraction of sp³-hybridized carbons (Fsp3) is 0.125. The summed E-state index contributed by atoms with van der Waals surface area (Å²) >= 11 is 5.23. The van der Waals surface area contributed by atoms with Crippen LogP contribution in [0.4, 0.5) is 5.69 Å². The molecule has 0 saturated heterocycles. The van der Waals surface area contributed by atoms with Gasteiger partial charge in [0.15, 0.2) is 5.11 Å². The van der Waals surface area contributed by atoms with E-state index in [4.69, 9.17) is 12.2 Å². The molecule has 3 N–H and O–H groups in total. The zero-order chi connectivity index (χ0) is 21.3. The Morgan fingerprint density at radius 1 is 0.767 bits per heavy atom. The van der Waals surface area contributed by atoms with E-state index in [0.717, 1.165) is 17.5 Å². The lowest BCUT2D eigenvalue weighted by Crippen LogP contribution is -2.34. The van der Waals surface area contributed by atoms with Crippen LogP contribution in [0.15, 0.2) is 78.9 Å². The first kappa shape index (κ1) is 21.2. The zero-order valence-electron chi connectivity index (χ0n) is 16.6. The zero-order valence-corrected chi connectivity index (χ0v) is 17.5. The van der Waals surface area contributed by atoms with Gasteiger partial charge >= 0.3 is 0 Å². The van der Waals surface area contributed by atoms with E-state index in [0.29, 0.717) is 23.4 Å². The van der Waals surface area contributed by atoms with Gasteiger partial charge in [-0.05, 0) is 66.2 Å². The summed E-state index contributed by atoms with van der Waals surface area (Å²) in [5.74, 6) is -0.402. The Morgan fingerprint density at radius 2 is 1.33 bits per heavy atom. The highest BCUT2D eigenvalue weighted by Crippen LogP contribution is 2.19. The Kier molecular flexibility index (Phi) is 7.29. The summed E-state index contributed by atoms with van der Waals surface area (Å²) in [6, 6.07) is 24.2. The third-order valence-corrected chi connectivity index (χ3v) is 4.63. The summed E-state index contributed by atoms with van der Waals surface area (Å²) < 4.78 is 0. The molecular formula is C24H23N3O2S. The van der Waals surface area contributed by atoms with Crippen molar-refractivity contribution < 1.29 is 9.59 Å². The monoisotopic (exact) mass is 417 g/mol. The number of hydrogen-bond acceptors (Lipinski definition) is 3. The second kappa shape index (κ2) is 10.3. The molecule has 0 radical (unpaired) electrons. The molecule has 0 spiro atoms. The average molecular weight is 418 g/mol. The van der Waals surface area contributed by atoms with Crippen LogP contribution in [0.2, 0.25) is 0 Å². The minimum Gasteiger partial charge on any atom is -0.352 e. The number of amides is 2. The van der Waals surface area contributed by atoms with E-state index < -0.39 is 0 Å². The van der Waals surface area contributed by atoms with Crippen LogP contribution in [0.5, 0.6) is 0 Å². The van der Waals surface area contributed by atoms with Crippen molar-refractivity contribution in [3.05, 3.63) is 90.0 Å². The van der Waals surface area contributed by atoms with Crippen LogP contribution < -0.4 is 16.0 Å². The number of carbonyl (C=O) groups is 2. The number of benzene rings is 3. The maximum absolute atomic E-state index is 12.4. The summed E-state index contributed by atoms with van der Waals surface area (Å²) in [4.78, 5) is 24.4. The molecule has 2 amide bonds. The Bertz CT molecular complexity index is 1020. The number of rotatable bonds is 6. The summed E-state index contributed by atoms with van der Waals surface area (Å²) in [7, 11) is 0. The number of nitrogens with one attached hydrogen (secondary N) is 3. The molecule has 5 nitrogen and oxygen atoms in total. The minimum absolute atomic E-state index is 0.113. The lowest BCUT2D eigenvalue weighted by molar-refractivity contribution is 0.0951. The largest absolute Gasteiger partial charge is 0.352 e. The van der Waals surface area contributed by atoms with Gasteiger partial charge in [0.1, 0.15) is 0 Å². The van der Waals surface area contributed by atoms with Crippen molar-refractivity contribution in [1.29, 1.82) is 0 Å². The van der Waals surface area contributed by atoms with Crippen molar-refractivity contribution in [3.63, 3.8) is 0 Å². The van der Waals surface area contributed by atoms with Crippen molar-refractivity contribution in [1.82, 2.24) is 10.6 Å². The molecular weight excluding hydrogens is 394 g/mol. The van der Waals surface area contributed by atoms with Gasteiger partial charge in [-0.15, -0.1) is 0 Å². The molecule has 3 aromatic rings. The summed E-state index contributed by atoms with van der Waals surface area (Å²) in [6.07, 6.45) is 0.883. The van der Waals surface area contributed by atoms with Crippen LogP contribution in [-0.2, 0) is 0 Å². The second-order valence-corrected chi connectivity index (χ2v) is 7.09. The Labute approximate surface area is 181 Å². The number of thiocarbonyl (C=S) groups is 1. The smallest absolute Gasteiger partial charge is 0.257 e. The fourth-order valence-electron chi connectivity index (χ4n) is 2.83. The van der Waals surface area contributed by atoms with E-state index in [2.05, 4.69) is 16.0 Å². The van der Waals surface area contributed by atoms with Crippen molar-refractivity contribution in [2.75, 3.05) is 11.9 Å². The highest BCUT2D eigenvalue weighted by atomic mass is 32.1. The molecule has 6 heteroatoms. The molecule has 0 aliphatic rings. The van der Waals surface area contributed by atoms with Gasteiger partial charge in [0.25, 0.3) is 11.8 Å². The van der Waals surface area contributed by atoms with Crippen LogP contribution in [0, 0.1) is 0 Å². The maximum atomic E-state index is 12.4. The molecule has 3 aromatic carbocycles. The first-order valence-electron chi connectivity index (χ1n) is 9.73. The third kappa shape index (κ3) is 5.75. The fourth-order valence-corrected chi connectivity index (χ4v) is 3.04. The van der Waals surface area contributed by atoms with Gasteiger partial charge < -0.3 is 10.6 Å². The molecule has 152 valence electrons. The Balaban J connectivity index is 1.55. The molecule has 0 atom stereocenters. The first-order chi connectivity index (χ1) is 14.6. The predicted octanol–water partition coefficient (Wildman–Crippen LogP) is 4.62. The van der Waals surface area contributed by atoms with E-state index in [1.54, 1.807) is 36.4 Å². The van der Waals surface area contributed by atoms with Crippen LogP contribution in [0.25, 0.3) is 11.1 Å². The van der Waals surface area contributed by atoms with Gasteiger partial charge in [0, 0.05) is 23.4 Å².